The van der Waals surface area contributed by atoms with Crippen molar-refractivity contribution in [3.05, 3.63) is 23.3 Å². The van der Waals surface area contributed by atoms with E-state index in [4.69, 9.17) is 16.1 Å². The van der Waals surface area contributed by atoms with Crippen LogP contribution in [0.2, 0.25) is 0 Å². The van der Waals surface area contributed by atoms with Crippen LogP contribution >= 0.6 is 0 Å². The average molecular weight is 194 g/mol. The summed E-state index contributed by atoms with van der Waals surface area (Å²) in [5.74, 6) is -0.540. The topological polar surface area (TPSA) is 111 Å². The SMILES string of the molecule is N#Cc1cc(C(N)CO)c(O)cc1O. The van der Waals surface area contributed by atoms with Gasteiger partial charge in [0.15, 0.2) is 0 Å². The summed E-state index contributed by atoms with van der Waals surface area (Å²) in [6.45, 7) is -0.344. The molecule has 0 amide bonds. The number of nitrogens with two attached hydrogens (primary N) is 1. The van der Waals surface area contributed by atoms with Gasteiger partial charge in [-0.25, -0.2) is 0 Å². The summed E-state index contributed by atoms with van der Waals surface area (Å²) in [6.07, 6.45) is 0. The molecule has 1 atom stereocenters. The van der Waals surface area contributed by atoms with E-state index in [0.29, 0.717) is 0 Å². The molecule has 1 aromatic carbocycles. The fourth-order valence-electron chi connectivity index (χ4n) is 1.08. The van der Waals surface area contributed by atoms with Crippen molar-refractivity contribution in [2.45, 2.75) is 6.04 Å². The highest BCUT2D eigenvalue weighted by Crippen LogP contribution is 2.29. The third kappa shape index (κ3) is 1.76. The molecule has 0 radical (unpaired) electrons. The standard InChI is InChI=1S/C9H10N2O3/c10-3-5-1-6(7(11)4-12)9(14)2-8(5)13/h1-2,7,12-14H,4,11H2. The fourth-order valence-corrected chi connectivity index (χ4v) is 1.08. The highest BCUT2D eigenvalue weighted by atomic mass is 16.3. The Morgan fingerprint density at radius 1 is 1.36 bits per heavy atom. The largest absolute Gasteiger partial charge is 0.507 e. The smallest absolute Gasteiger partial charge is 0.137 e. The maximum atomic E-state index is 9.35. The van der Waals surface area contributed by atoms with Gasteiger partial charge >= 0.3 is 0 Å². The summed E-state index contributed by atoms with van der Waals surface area (Å²) in [5.41, 5.74) is 5.72. The van der Waals surface area contributed by atoms with E-state index < -0.39 is 6.04 Å². The predicted octanol–water partition coefficient (Wildman–Crippen LogP) is -0.0384. The minimum absolute atomic E-state index is 0.0155. The van der Waals surface area contributed by atoms with Gasteiger partial charge in [-0.2, -0.15) is 5.26 Å². The lowest BCUT2D eigenvalue weighted by molar-refractivity contribution is 0.265. The fraction of sp³-hybridized carbons (Fsp3) is 0.222. The second-order valence-corrected chi connectivity index (χ2v) is 2.83. The van der Waals surface area contributed by atoms with E-state index in [1.54, 1.807) is 6.07 Å². The van der Waals surface area contributed by atoms with Gasteiger partial charge in [-0.1, -0.05) is 0 Å². The first kappa shape index (κ1) is 10.3. The molecule has 1 rings (SSSR count). The minimum Gasteiger partial charge on any atom is -0.507 e. The molecule has 0 fully saturated rings. The molecule has 74 valence electrons. The Morgan fingerprint density at radius 2 is 2.00 bits per heavy atom. The first-order valence-corrected chi connectivity index (χ1v) is 3.92. The van der Waals surface area contributed by atoms with Crippen LogP contribution < -0.4 is 5.73 Å². The van der Waals surface area contributed by atoms with Gasteiger partial charge in [0.2, 0.25) is 0 Å². The zero-order valence-electron chi connectivity index (χ0n) is 7.31. The van der Waals surface area contributed by atoms with Gasteiger partial charge in [-0.05, 0) is 6.07 Å². The van der Waals surface area contributed by atoms with Crippen molar-refractivity contribution in [3.63, 3.8) is 0 Å². The van der Waals surface area contributed by atoms with Gasteiger partial charge < -0.3 is 21.1 Å². The van der Waals surface area contributed by atoms with Crippen LogP contribution in [0.1, 0.15) is 17.2 Å². The number of phenolic OH excluding ortho intramolecular Hbond substituents is 2. The normalized spacial score (nSPS) is 12.1. The van der Waals surface area contributed by atoms with Crippen molar-refractivity contribution in [1.29, 1.82) is 5.26 Å². The Kier molecular flexibility index (Phi) is 2.92. The van der Waals surface area contributed by atoms with Crippen molar-refractivity contribution in [3.8, 4) is 17.6 Å². The van der Waals surface area contributed by atoms with E-state index in [1.165, 1.54) is 6.07 Å². The van der Waals surface area contributed by atoms with Crippen LogP contribution in [0.3, 0.4) is 0 Å². The summed E-state index contributed by atoms with van der Waals surface area (Å²) >= 11 is 0. The molecular weight excluding hydrogens is 184 g/mol. The molecular formula is C9H10N2O3. The summed E-state index contributed by atoms with van der Waals surface area (Å²) < 4.78 is 0. The van der Waals surface area contributed by atoms with Crippen LogP contribution in [0.25, 0.3) is 0 Å². The molecule has 0 bridgehead atoms. The first-order valence-electron chi connectivity index (χ1n) is 3.92. The molecule has 5 nitrogen and oxygen atoms in total. The molecule has 1 unspecified atom stereocenters. The van der Waals surface area contributed by atoms with Crippen molar-refractivity contribution < 1.29 is 15.3 Å². The predicted molar refractivity (Wildman–Crippen MR) is 48.5 cm³/mol. The third-order valence-corrected chi connectivity index (χ3v) is 1.86. The van der Waals surface area contributed by atoms with E-state index in [0.717, 1.165) is 6.07 Å². The van der Waals surface area contributed by atoms with Crippen molar-refractivity contribution in [2.24, 2.45) is 5.73 Å². The molecule has 0 spiro atoms. The lowest BCUT2D eigenvalue weighted by atomic mass is 10.0. The molecule has 14 heavy (non-hydrogen) atoms. The second kappa shape index (κ2) is 3.96. The van der Waals surface area contributed by atoms with E-state index in [-0.39, 0.29) is 29.2 Å². The second-order valence-electron chi connectivity index (χ2n) is 2.83. The number of phenols is 2. The van der Waals surface area contributed by atoms with Gasteiger partial charge in [-0.15, -0.1) is 0 Å². The zero-order chi connectivity index (χ0) is 10.7. The van der Waals surface area contributed by atoms with Gasteiger partial charge in [0.05, 0.1) is 18.2 Å². The summed E-state index contributed by atoms with van der Waals surface area (Å²) in [7, 11) is 0. The number of aliphatic hydroxyl groups is 1. The van der Waals surface area contributed by atoms with Crippen LogP contribution in [0.4, 0.5) is 0 Å². The van der Waals surface area contributed by atoms with Crippen LogP contribution in [0.5, 0.6) is 11.5 Å². The Balaban J connectivity index is 3.26. The maximum absolute atomic E-state index is 9.35. The first-order chi connectivity index (χ1) is 6.60. The van der Waals surface area contributed by atoms with E-state index in [1.807, 2.05) is 0 Å². The zero-order valence-corrected chi connectivity index (χ0v) is 7.31. The van der Waals surface area contributed by atoms with E-state index in [2.05, 4.69) is 0 Å². The number of hydrogen-bond donors (Lipinski definition) is 4. The Labute approximate surface area is 80.6 Å². The molecule has 0 aliphatic carbocycles. The molecule has 0 aliphatic rings. The van der Waals surface area contributed by atoms with Crippen molar-refractivity contribution in [2.75, 3.05) is 6.61 Å². The van der Waals surface area contributed by atoms with Crippen LogP contribution in [0, 0.1) is 11.3 Å². The number of benzene rings is 1. The average Bonchev–Trinajstić information content (AvgIpc) is 2.17. The Morgan fingerprint density at radius 3 is 2.50 bits per heavy atom. The summed E-state index contributed by atoms with van der Waals surface area (Å²) in [4.78, 5) is 0. The van der Waals surface area contributed by atoms with Crippen molar-refractivity contribution >= 4 is 0 Å². The minimum atomic E-state index is -0.761. The quantitative estimate of drug-likeness (QED) is 0.528. The van der Waals surface area contributed by atoms with Gasteiger partial charge in [0.25, 0.3) is 0 Å². The molecule has 1 aromatic rings. The Bertz CT molecular complexity index is 384. The number of nitriles is 1. The molecule has 0 aliphatic heterocycles. The summed E-state index contributed by atoms with van der Waals surface area (Å²) in [5, 5.41) is 35.9. The van der Waals surface area contributed by atoms with Crippen LogP contribution in [-0.4, -0.2) is 21.9 Å². The molecule has 0 aromatic heterocycles. The number of aliphatic hydroxyl groups excluding tert-OH is 1. The maximum Gasteiger partial charge on any atom is 0.137 e. The highest BCUT2D eigenvalue weighted by Gasteiger charge is 2.13. The molecule has 0 saturated carbocycles. The molecule has 0 saturated heterocycles. The Hall–Kier alpha value is -1.77. The van der Waals surface area contributed by atoms with Gasteiger partial charge in [0, 0.05) is 11.6 Å². The van der Waals surface area contributed by atoms with Crippen molar-refractivity contribution in [1.82, 2.24) is 0 Å². The third-order valence-electron chi connectivity index (χ3n) is 1.86. The number of hydrogen-bond acceptors (Lipinski definition) is 5. The number of nitrogens with zero attached hydrogens (tertiary/aromatic N) is 1. The molecule has 5 N–H and O–H groups in total. The van der Waals surface area contributed by atoms with E-state index in [9.17, 15) is 10.2 Å². The lowest BCUT2D eigenvalue weighted by Gasteiger charge is -2.11. The van der Waals surface area contributed by atoms with Gasteiger partial charge in [-0.3, -0.25) is 0 Å². The molecule has 0 heterocycles. The summed E-state index contributed by atoms with van der Waals surface area (Å²) in [6, 6.07) is 3.27. The molecule has 5 heteroatoms. The van der Waals surface area contributed by atoms with E-state index >= 15 is 0 Å². The lowest BCUT2D eigenvalue weighted by Crippen LogP contribution is -2.14. The van der Waals surface area contributed by atoms with Gasteiger partial charge in [0.1, 0.15) is 17.6 Å². The number of rotatable bonds is 2. The number of aromatic hydroxyl groups is 2. The van der Waals surface area contributed by atoms with Crippen LogP contribution in [-0.2, 0) is 0 Å². The highest BCUT2D eigenvalue weighted by molar-refractivity contribution is 5.51. The monoisotopic (exact) mass is 194 g/mol. The van der Waals surface area contributed by atoms with Crippen LogP contribution in [0.15, 0.2) is 12.1 Å².